The third kappa shape index (κ3) is 6.29. The summed E-state index contributed by atoms with van der Waals surface area (Å²) in [4.78, 5) is 16.5. The van der Waals surface area contributed by atoms with Gasteiger partial charge < -0.3 is 14.6 Å². The number of aromatic nitrogens is 2. The molecule has 1 heterocycles. The normalized spacial score (nSPS) is 11.1. The minimum atomic E-state index is -3.89. The third-order valence-corrected chi connectivity index (χ3v) is 4.38. The van der Waals surface area contributed by atoms with Gasteiger partial charge in [0.1, 0.15) is 5.75 Å². The van der Waals surface area contributed by atoms with Crippen molar-refractivity contribution >= 4 is 27.5 Å². The van der Waals surface area contributed by atoms with Crippen LogP contribution in [-0.4, -0.2) is 31.1 Å². The number of nitrogens with one attached hydrogen (secondary N) is 2. The summed E-state index contributed by atoms with van der Waals surface area (Å²) in [6.07, 6.45) is 0.364. The molecule has 0 unspecified atom stereocenters. The molecule has 0 spiro atoms. The van der Waals surface area contributed by atoms with Crippen molar-refractivity contribution in [3.8, 4) is 17.1 Å². The molecule has 0 aliphatic heterocycles. The summed E-state index contributed by atoms with van der Waals surface area (Å²) in [5.41, 5.74) is 1.44. The third-order valence-electron chi connectivity index (χ3n) is 3.86. The van der Waals surface area contributed by atoms with Crippen LogP contribution < -0.4 is 19.9 Å². The summed E-state index contributed by atoms with van der Waals surface area (Å²) >= 11 is 0. The van der Waals surface area contributed by atoms with Crippen LogP contribution in [0.1, 0.15) is 19.2 Å². The number of ether oxygens (including phenoxy) is 1. The maximum Gasteiger partial charge on any atom is 0.296 e. The second-order valence-electron chi connectivity index (χ2n) is 6.25. The highest BCUT2D eigenvalue weighted by Crippen LogP contribution is 2.20. The van der Waals surface area contributed by atoms with E-state index in [0.29, 0.717) is 24.0 Å². The number of benzene rings is 2. The van der Waals surface area contributed by atoms with Gasteiger partial charge in [-0.25, -0.2) is 5.14 Å². The molecule has 0 fully saturated rings. The van der Waals surface area contributed by atoms with Gasteiger partial charge in [-0.2, -0.15) is 13.4 Å². The van der Waals surface area contributed by atoms with E-state index in [2.05, 4.69) is 20.2 Å². The lowest BCUT2D eigenvalue weighted by Gasteiger charge is -2.07. The predicted octanol–water partition coefficient (Wildman–Crippen LogP) is 2.32. The standard InChI is InChI=1S/C19H21N5O5S/c1-2-28-16-8-6-13(7-9-16)19-22-18(29-23-19)11-10-17(25)21-14-4-3-5-15(12-14)24-30(20,26)27/h3-9,12,24H,2,10-11H2,1H3,(H,21,25)(H2,20,26,27). The number of nitrogens with zero attached hydrogens (tertiary/aromatic N) is 2. The average molecular weight is 431 g/mol. The molecule has 3 rings (SSSR count). The van der Waals surface area contributed by atoms with Crippen molar-refractivity contribution < 1.29 is 22.5 Å². The Labute approximate surface area is 173 Å². The van der Waals surface area contributed by atoms with Gasteiger partial charge in [0.25, 0.3) is 10.2 Å². The highest BCUT2D eigenvalue weighted by atomic mass is 32.2. The van der Waals surface area contributed by atoms with Gasteiger partial charge in [-0.15, -0.1) is 0 Å². The fraction of sp³-hybridized carbons (Fsp3) is 0.211. The SMILES string of the molecule is CCOc1ccc(-c2noc(CCC(=O)Nc3cccc(NS(N)(=O)=O)c3)n2)cc1. The molecule has 4 N–H and O–H groups in total. The Morgan fingerprint density at radius 1 is 1.17 bits per heavy atom. The van der Waals surface area contributed by atoms with E-state index in [-0.39, 0.29) is 24.4 Å². The van der Waals surface area contributed by atoms with Crippen LogP contribution in [0, 0.1) is 0 Å². The maximum atomic E-state index is 12.2. The minimum Gasteiger partial charge on any atom is -0.494 e. The lowest BCUT2D eigenvalue weighted by Crippen LogP contribution is -2.21. The predicted molar refractivity (Wildman–Crippen MR) is 111 cm³/mol. The zero-order valence-electron chi connectivity index (χ0n) is 16.2. The van der Waals surface area contributed by atoms with Crippen molar-refractivity contribution in [1.82, 2.24) is 10.1 Å². The quantitative estimate of drug-likeness (QED) is 0.470. The van der Waals surface area contributed by atoms with Crippen LogP contribution in [0.5, 0.6) is 5.75 Å². The minimum absolute atomic E-state index is 0.109. The number of hydrogen-bond acceptors (Lipinski definition) is 7. The molecule has 0 atom stereocenters. The first kappa shape index (κ1) is 21.3. The maximum absolute atomic E-state index is 12.2. The van der Waals surface area contributed by atoms with Crippen LogP contribution in [0.25, 0.3) is 11.4 Å². The lowest BCUT2D eigenvalue weighted by molar-refractivity contribution is -0.116. The number of nitrogens with two attached hydrogens (primary N) is 1. The van der Waals surface area contributed by atoms with Gasteiger partial charge >= 0.3 is 0 Å². The van der Waals surface area contributed by atoms with E-state index < -0.39 is 10.2 Å². The number of amides is 1. The monoisotopic (exact) mass is 431 g/mol. The van der Waals surface area contributed by atoms with Gasteiger partial charge in [0.2, 0.25) is 17.6 Å². The molecular formula is C19H21N5O5S. The topological polar surface area (TPSA) is 149 Å². The van der Waals surface area contributed by atoms with Crippen molar-refractivity contribution in [3.05, 3.63) is 54.4 Å². The van der Waals surface area contributed by atoms with Gasteiger partial charge in [-0.1, -0.05) is 11.2 Å². The molecule has 30 heavy (non-hydrogen) atoms. The van der Waals surface area contributed by atoms with Crippen LogP contribution in [0.3, 0.4) is 0 Å². The zero-order valence-corrected chi connectivity index (χ0v) is 17.0. The summed E-state index contributed by atoms with van der Waals surface area (Å²) < 4.78 is 34.9. The van der Waals surface area contributed by atoms with Gasteiger partial charge in [0.15, 0.2) is 0 Å². The van der Waals surface area contributed by atoms with Gasteiger partial charge in [0.05, 0.1) is 12.3 Å². The molecule has 0 aliphatic rings. The molecule has 10 nitrogen and oxygen atoms in total. The summed E-state index contributed by atoms with van der Waals surface area (Å²) in [7, 11) is -3.89. The molecule has 0 aliphatic carbocycles. The molecule has 0 saturated carbocycles. The average Bonchev–Trinajstić information content (AvgIpc) is 3.15. The number of carbonyl (C=O) groups excluding carboxylic acids is 1. The fourth-order valence-corrected chi connectivity index (χ4v) is 3.06. The Kier molecular flexibility index (Phi) is 6.65. The molecular weight excluding hydrogens is 410 g/mol. The number of rotatable bonds is 9. The smallest absolute Gasteiger partial charge is 0.296 e. The Morgan fingerprint density at radius 2 is 1.90 bits per heavy atom. The molecule has 1 amide bonds. The summed E-state index contributed by atoms with van der Waals surface area (Å²) in [5.74, 6) is 1.22. The number of anilines is 2. The Balaban J connectivity index is 1.55. The molecule has 0 radical (unpaired) electrons. The van der Waals surface area contributed by atoms with Crippen molar-refractivity contribution in [2.24, 2.45) is 5.14 Å². The van der Waals surface area contributed by atoms with E-state index in [0.717, 1.165) is 11.3 Å². The second-order valence-corrected chi connectivity index (χ2v) is 7.54. The first-order valence-electron chi connectivity index (χ1n) is 9.08. The van der Waals surface area contributed by atoms with E-state index in [1.54, 1.807) is 12.1 Å². The lowest BCUT2D eigenvalue weighted by atomic mass is 10.2. The molecule has 0 bridgehead atoms. The molecule has 11 heteroatoms. The van der Waals surface area contributed by atoms with E-state index >= 15 is 0 Å². The zero-order chi connectivity index (χ0) is 21.6. The van der Waals surface area contributed by atoms with Gasteiger partial charge in [0, 0.05) is 24.1 Å². The van der Waals surface area contributed by atoms with E-state index in [4.69, 9.17) is 14.4 Å². The van der Waals surface area contributed by atoms with Crippen LogP contribution in [-0.2, 0) is 21.4 Å². The Morgan fingerprint density at radius 3 is 2.60 bits per heavy atom. The van der Waals surface area contributed by atoms with E-state index in [1.807, 2.05) is 31.2 Å². The van der Waals surface area contributed by atoms with Crippen molar-refractivity contribution in [1.29, 1.82) is 0 Å². The highest BCUT2D eigenvalue weighted by Gasteiger charge is 2.12. The van der Waals surface area contributed by atoms with Crippen LogP contribution in [0.2, 0.25) is 0 Å². The first-order valence-corrected chi connectivity index (χ1v) is 10.6. The van der Waals surface area contributed by atoms with Crippen LogP contribution in [0.15, 0.2) is 53.1 Å². The van der Waals surface area contributed by atoms with E-state index in [9.17, 15) is 13.2 Å². The van der Waals surface area contributed by atoms with Crippen molar-refractivity contribution in [3.63, 3.8) is 0 Å². The van der Waals surface area contributed by atoms with Gasteiger partial charge in [-0.3, -0.25) is 9.52 Å². The molecule has 3 aromatic rings. The fourth-order valence-electron chi connectivity index (χ4n) is 2.61. The summed E-state index contributed by atoms with van der Waals surface area (Å²) in [5, 5.41) is 11.6. The summed E-state index contributed by atoms with van der Waals surface area (Å²) in [6.45, 7) is 2.49. The van der Waals surface area contributed by atoms with Crippen LogP contribution in [0.4, 0.5) is 11.4 Å². The molecule has 1 aromatic heterocycles. The van der Waals surface area contributed by atoms with E-state index in [1.165, 1.54) is 12.1 Å². The van der Waals surface area contributed by atoms with Gasteiger partial charge in [-0.05, 0) is 49.4 Å². The second kappa shape index (κ2) is 9.37. The largest absolute Gasteiger partial charge is 0.494 e. The number of aryl methyl sites for hydroxylation is 1. The first-order chi connectivity index (χ1) is 14.3. The molecule has 2 aromatic carbocycles. The highest BCUT2D eigenvalue weighted by molar-refractivity contribution is 7.90. The molecule has 0 saturated heterocycles. The summed E-state index contributed by atoms with van der Waals surface area (Å²) in [6, 6.07) is 13.5. The number of hydrogen-bond donors (Lipinski definition) is 3. The Hall–Kier alpha value is -3.44. The Bertz CT molecular complexity index is 1110. The number of carbonyl (C=O) groups is 1. The van der Waals surface area contributed by atoms with Crippen molar-refractivity contribution in [2.75, 3.05) is 16.6 Å². The van der Waals surface area contributed by atoms with Crippen LogP contribution >= 0.6 is 0 Å². The van der Waals surface area contributed by atoms with Crippen molar-refractivity contribution in [2.45, 2.75) is 19.8 Å². The molecule has 158 valence electrons.